The maximum absolute atomic E-state index is 11.6. The third kappa shape index (κ3) is 5.91. The number of rotatable bonds is 7. The Hall–Kier alpha value is -1.31. The van der Waals surface area contributed by atoms with Gasteiger partial charge in [-0.1, -0.05) is 0 Å². The van der Waals surface area contributed by atoms with E-state index in [0.29, 0.717) is 32.0 Å². The molecule has 0 N–H and O–H groups in total. The molecule has 102 valence electrons. The molecule has 0 saturated carbocycles. The Kier molecular flexibility index (Phi) is 7.24. The molecule has 0 aromatic heterocycles. The van der Waals surface area contributed by atoms with Crippen LogP contribution >= 0.6 is 0 Å². The summed E-state index contributed by atoms with van der Waals surface area (Å²) in [6, 6.07) is 10.4. The van der Waals surface area contributed by atoms with Gasteiger partial charge >= 0.3 is 121 Å². The SMILES string of the molecule is C=CC[C@@H](/C=C(\C)C(=O)OCC)[Se]c1ccccc1. The Morgan fingerprint density at radius 1 is 1.42 bits per heavy atom. The molecule has 1 atom stereocenters. The molecule has 2 nitrogen and oxygen atoms in total. The summed E-state index contributed by atoms with van der Waals surface area (Å²) in [5.41, 5.74) is 0.687. The van der Waals surface area contributed by atoms with E-state index in [1.165, 1.54) is 4.46 Å². The first-order valence-electron chi connectivity index (χ1n) is 6.35. The van der Waals surface area contributed by atoms with Crippen LogP contribution in [0.1, 0.15) is 20.3 Å². The van der Waals surface area contributed by atoms with Crippen molar-refractivity contribution in [1.82, 2.24) is 0 Å². The fraction of sp³-hybridized carbons (Fsp3) is 0.312. The summed E-state index contributed by atoms with van der Waals surface area (Å²) in [5.74, 6) is -0.222. The van der Waals surface area contributed by atoms with Crippen molar-refractivity contribution >= 4 is 25.4 Å². The van der Waals surface area contributed by atoms with Crippen LogP contribution in [0.4, 0.5) is 0 Å². The molecule has 0 aliphatic rings. The van der Waals surface area contributed by atoms with Crippen molar-refractivity contribution in [3.05, 3.63) is 54.6 Å². The standard InChI is InChI=1S/C16H20O2Se/c1-4-9-15(12-13(3)16(17)18-5-2)19-14-10-7-6-8-11-14/h4,6-8,10-12,15H,1,5,9H2,2-3H3/b13-12+/t15-/m0/s1. The molecular weight excluding hydrogens is 303 g/mol. The summed E-state index contributed by atoms with van der Waals surface area (Å²) in [4.78, 5) is 12.0. The van der Waals surface area contributed by atoms with Crippen molar-refractivity contribution in [1.29, 1.82) is 0 Å². The third-order valence-corrected chi connectivity index (χ3v) is 4.93. The summed E-state index contributed by atoms with van der Waals surface area (Å²) in [7, 11) is 0. The van der Waals surface area contributed by atoms with Crippen LogP contribution in [0.5, 0.6) is 0 Å². The second-order valence-corrected chi connectivity index (χ2v) is 6.82. The van der Waals surface area contributed by atoms with Gasteiger partial charge in [-0.3, -0.25) is 0 Å². The van der Waals surface area contributed by atoms with E-state index in [2.05, 4.69) is 18.7 Å². The van der Waals surface area contributed by atoms with Gasteiger partial charge in [-0.2, -0.15) is 0 Å². The van der Waals surface area contributed by atoms with Crippen LogP contribution < -0.4 is 4.46 Å². The topological polar surface area (TPSA) is 26.3 Å². The molecule has 0 aliphatic carbocycles. The van der Waals surface area contributed by atoms with Gasteiger partial charge in [0.05, 0.1) is 0 Å². The quantitative estimate of drug-likeness (QED) is 0.334. The van der Waals surface area contributed by atoms with E-state index < -0.39 is 0 Å². The summed E-state index contributed by atoms with van der Waals surface area (Å²) in [5, 5.41) is 0. The zero-order chi connectivity index (χ0) is 14.1. The molecule has 0 unspecified atom stereocenters. The Bertz CT molecular complexity index is 437. The minimum absolute atomic E-state index is 0.222. The zero-order valence-corrected chi connectivity index (χ0v) is 13.2. The van der Waals surface area contributed by atoms with Gasteiger partial charge in [0, 0.05) is 0 Å². The van der Waals surface area contributed by atoms with E-state index in [0.717, 1.165) is 6.42 Å². The number of ether oxygens (including phenoxy) is 1. The first kappa shape index (κ1) is 15.7. The van der Waals surface area contributed by atoms with Gasteiger partial charge in [0.1, 0.15) is 0 Å². The fourth-order valence-electron chi connectivity index (χ4n) is 1.58. The molecule has 0 radical (unpaired) electrons. The predicted octanol–water partition coefficient (Wildman–Crippen LogP) is 2.89. The number of carbonyl (C=O) groups is 1. The molecule has 0 heterocycles. The summed E-state index contributed by atoms with van der Waals surface area (Å²) >= 11 is 0.295. The molecule has 0 fully saturated rings. The number of hydrogen-bond acceptors (Lipinski definition) is 2. The van der Waals surface area contributed by atoms with E-state index >= 15 is 0 Å². The Labute approximate surface area is 121 Å². The van der Waals surface area contributed by atoms with Crippen molar-refractivity contribution < 1.29 is 9.53 Å². The molecule has 1 rings (SSSR count). The second-order valence-electron chi connectivity index (χ2n) is 4.06. The average Bonchev–Trinajstić information content (AvgIpc) is 2.40. The van der Waals surface area contributed by atoms with Gasteiger partial charge in [0.2, 0.25) is 0 Å². The van der Waals surface area contributed by atoms with Crippen LogP contribution in [0.15, 0.2) is 54.6 Å². The maximum atomic E-state index is 11.6. The van der Waals surface area contributed by atoms with Crippen LogP contribution in [-0.2, 0) is 9.53 Å². The normalized spacial score (nSPS) is 12.8. The van der Waals surface area contributed by atoms with Crippen LogP contribution in [0.3, 0.4) is 0 Å². The van der Waals surface area contributed by atoms with Crippen LogP contribution in [-0.4, -0.2) is 27.5 Å². The zero-order valence-electron chi connectivity index (χ0n) is 11.5. The number of esters is 1. The predicted molar refractivity (Wildman–Crippen MR) is 80.8 cm³/mol. The van der Waals surface area contributed by atoms with Gasteiger partial charge in [0.25, 0.3) is 0 Å². The second kappa shape index (κ2) is 8.73. The van der Waals surface area contributed by atoms with Gasteiger partial charge in [-0.05, 0) is 0 Å². The van der Waals surface area contributed by atoms with E-state index in [1.807, 2.05) is 44.2 Å². The number of carbonyl (C=O) groups excluding carboxylic acids is 1. The molecule has 0 amide bonds. The van der Waals surface area contributed by atoms with Gasteiger partial charge in [0.15, 0.2) is 0 Å². The monoisotopic (exact) mass is 324 g/mol. The van der Waals surface area contributed by atoms with Crippen LogP contribution in [0.25, 0.3) is 0 Å². The van der Waals surface area contributed by atoms with Crippen molar-refractivity contribution in [2.75, 3.05) is 6.61 Å². The summed E-state index contributed by atoms with van der Waals surface area (Å²) in [6.45, 7) is 7.85. The molecule has 0 saturated heterocycles. The molecule has 3 heteroatoms. The van der Waals surface area contributed by atoms with Crippen molar-refractivity contribution in [2.45, 2.75) is 25.1 Å². The fourth-order valence-corrected chi connectivity index (χ4v) is 4.03. The van der Waals surface area contributed by atoms with Gasteiger partial charge < -0.3 is 0 Å². The van der Waals surface area contributed by atoms with E-state index in [-0.39, 0.29) is 5.97 Å². The van der Waals surface area contributed by atoms with Gasteiger partial charge in [-0.15, -0.1) is 0 Å². The minimum atomic E-state index is -0.222. The van der Waals surface area contributed by atoms with Crippen LogP contribution in [0.2, 0.25) is 4.82 Å². The first-order valence-corrected chi connectivity index (χ1v) is 8.20. The number of hydrogen-bond donors (Lipinski definition) is 0. The Morgan fingerprint density at radius 2 is 2.11 bits per heavy atom. The van der Waals surface area contributed by atoms with Crippen molar-refractivity contribution in [3.8, 4) is 0 Å². The Morgan fingerprint density at radius 3 is 2.68 bits per heavy atom. The van der Waals surface area contributed by atoms with Crippen LogP contribution in [0, 0.1) is 0 Å². The molecule has 0 aliphatic heterocycles. The van der Waals surface area contributed by atoms with E-state index in [1.54, 1.807) is 0 Å². The molecule has 1 aromatic carbocycles. The van der Waals surface area contributed by atoms with E-state index in [4.69, 9.17) is 4.74 Å². The van der Waals surface area contributed by atoms with Crippen molar-refractivity contribution in [3.63, 3.8) is 0 Å². The molecule has 0 spiro atoms. The first-order chi connectivity index (χ1) is 9.17. The average molecular weight is 323 g/mol. The summed E-state index contributed by atoms with van der Waals surface area (Å²) < 4.78 is 6.34. The molecule has 19 heavy (non-hydrogen) atoms. The Balaban J connectivity index is 2.74. The number of benzene rings is 1. The molecular formula is C16H20O2Se. The number of allylic oxidation sites excluding steroid dienone is 2. The molecule has 0 bridgehead atoms. The third-order valence-electron chi connectivity index (χ3n) is 2.46. The molecule has 1 aromatic rings. The van der Waals surface area contributed by atoms with E-state index in [9.17, 15) is 4.79 Å². The van der Waals surface area contributed by atoms with Gasteiger partial charge in [-0.25, -0.2) is 0 Å². The summed E-state index contributed by atoms with van der Waals surface area (Å²) in [6.07, 6.45) is 4.81. The van der Waals surface area contributed by atoms with Crippen molar-refractivity contribution in [2.24, 2.45) is 0 Å².